The van der Waals surface area contributed by atoms with Gasteiger partial charge >= 0.3 is 0 Å². The van der Waals surface area contributed by atoms with Crippen LogP contribution in [0, 0.1) is 15.9 Å². The van der Waals surface area contributed by atoms with E-state index in [1.807, 2.05) is 0 Å². The Bertz CT molecular complexity index is 261. The molecular weight excluding hydrogens is 177 g/mol. The van der Waals surface area contributed by atoms with Gasteiger partial charge in [-0.3, -0.25) is 10.1 Å². The molecule has 13 heavy (non-hydrogen) atoms. The lowest BCUT2D eigenvalue weighted by molar-refractivity contribution is -0.384. The van der Waals surface area contributed by atoms with Gasteiger partial charge in [0.1, 0.15) is 5.82 Å². The summed E-state index contributed by atoms with van der Waals surface area (Å²) in [4.78, 5) is 9.43. The van der Waals surface area contributed by atoms with Gasteiger partial charge in [-0.25, -0.2) is 4.39 Å². The second-order valence-corrected chi connectivity index (χ2v) is 2.14. The highest BCUT2D eigenvalue weighted by Crippen LogP contribution is 2.09. The minimum absolute atomic E-state index is 0.0959. The molecule has 0 aliphatic rings. The maximum atomic E-state index is 12.1. The van der Waals surface area contributed by atoms with Crippen LogP contribution in [0.15, 0.2) is 24.3 Å². The number of benzene rings is 1. The summed E-state index contributed by atoms with van der Waals surface area (Å²) in [5.41, 5.74) is -0.0959. The quantitative estimate of drug-likeness (QED) is 0.499. The second-order valence-electron chi connectivity index (χ2n) is 2.14. The molecule has 0 N–H and O–H groups in total. The Hall–Kier alpha value is -1.49. The molecule has 5 heteroatoms. The van der Waals surface area contributed by atoms with Crippen molar-refractivity contribution in [3.05, 3.63) is 40.2 Å². The third-order valence-electron chi connectivity index (χ3n) is 1.04. The second kappa shape index (κ2) is 6.07. The molecule has 1 rings (SSSR count). The van der Waals surface area contributed by atoms with Crippen LogP contribution in [-0.4, -0.2) is 19.1 Å². The molecule has 0 unspecified atom stereocenters. The van der Waals surface area contributed by atoms with E-state index >= 15 is 0 Å². The summed E-state index contributed by atoms with van der Waals surface area (Å²) in [7, 11) is 3.25. The van der Waals surface area contributed by atoms with Gasteiger partial charge in [0, 0.05) is 26.4 Å². The minimum Gasteiger partial charge on any atom is -0.388 e. The Morgan fingerprint density at radius 1 is 1.31 bits per heavy atom. The molecule has 0 aliphatic carbocycles. The zero-order valence-corrected chi connectivity index (χ0v) is 7.36. The highest BCUT2D eigenvalue weighted by molar-refractivity contribution is 5.28. The van der Waals surface area contributed by atoms with Gasteiger partial charge in [-0.15, -0.1) is 0 Å². The molecule has 1 aromatic rings. The average Bonchev–Trinajstić information content (AvgIpc) is 2.06. The Morgan fingerprint density at radius 3 is 2.00 bits per heavy atom. The van der Waals surface area contributed by atoms with Crippen LogP contribution in [0.2, 0.25) is 0 Å². The van der Waals surface area contributed by atoms with Gasteiger partial charge in [0.2, 0.25) is 0 Å². The van der Waals surface area contributed by atoms with Crippen molar-refractivity contribution in [2.75, 3.05) is 14.2 Å². The first kappa shape index (κ1) is 11.5. The van der Waals surface area contributed by atoms with Gasteiger partial charge in [0.25, 0.3) is 5.69 Å². The van der Waals surface area contributed by atoms with Crippen molar-refractivity contribution in [3.63, 3.8) is 0 Å². The van der Waals surface area contributed by atoms with Crippen molar-refractivity contribution in [1.82, 2.24) is 0 Å². The fourth-order valence-corrected chi connectivity index (χ4v) is 0.563. The summed E-state index contributed by atoms with van der Waals surface area (Å²) in [5.74, 6) is -0.467. The first-order valence-electron chi connectivity index (χ1n) is 3.42. The third-order valence-corrected chi connectivity index (χ3v) is 1.04. The zero-order chi connectivity index (χ0) is 10.3. The van der Waals surface area contributed by atoms with Crippen LogP contribution in [0.5, 0.6) is 0 Å². The molecule has 0 aromatic heterocycles. The molecule has 0 saturated carbocycles. The van der Waals surface area contributed by atoms with Crippen LogP contribution >= 0.6 is 0 Å². The number of hydrogen-bond acceptors (Lipinski definition) is 3. The number of nitrogens with zero attached hydrogens (tertiary/aromatic N) is 1. The van der Waals surface area contributed by atoms with Gasteiger partial charge in [0.05, 0.1) is 4.92 Å². The van der Waals surface area contributed by atoms with Crippen molar-refractivity contribution < 1.29 is 14.1 Å². The highest BCUT2D eigenvalue weighted by atomic mass is 19.1. The maximum absolute atomic E-state index is 12.1. The molecule has 0 heterocycles. The highest BCUT2D eigenvalue weighted by Gasteiger charge is 2.01. The predicted molar refractivity (Wildman–Crippen MR) is 46.0 cm³/mol. The lowest BCUT2D eigenvalue weighted by atomic mass is 10.3. The van der Waals surface area contributed by atoms with Crippen LogP contribution in [0.1, 0.15) is 0 Å². The normalized spacial score (nSPS) is 8.54. The Kier molecular flexibility index (Phi) is 5.38. The summed E-state index contributed by atoms with van der Waals surface area (Å²) in [6, 6.07) is 4.35. The maximum Gasteiger partial charge on any atom is 0.269 e. The van der Waals surface area contributed by atoms with Gasteiger partial charge in [-0.05, 0) is 12.1 Å². The number of nitro benzene ring substituents is 1. The fourth-order valence-electron chi connectivity index (χ4n) is 0.563. The molecule has 4 nitrogen and oxygen atoms in total. The summed E-state index contributed by atoms with van der Waals surface area (Å²) in [5, 5.41) is 10.00. The van der Waals surface area contributed by atoms with E-state index in [1.165, 1.54) is 0 Å². The van der Waals surface area contributed by atoms with Crippen molar-refractivity contribution >= 4 is 5.69 Å². The Balaban J connectivity index is 0.000000424. The fraction of sp³-hybridized carbons (Fsp3) is 0.250. The summed E-state index contributed by atoms with van der Waals surface area (Å²) < 4.78 is 16.4. The average molecular weight is 187 g/mol. The number of methoxy groups -OCH3 is 1. The standard InChI is InChI=1S/C6H4FNO2.C2H6O/c7-5-1-3-6(4-2-5)8(9)10;1-3-2/h1-4H;1-2H3. The number of nitro groups is 1. The minimum atomic E-state index is -0.570. The molecule has 0 amide bonds. The predicted octanol–water partition coefficient (Wildman–Crippen LogP) is 2.00. The molecule has 0 saturated heterocycles. The molecular formula is C8H10FNO3. The number of non-ortho nitro benzene ring substituents is 1. The van der Waals surface area contributed by atoms with E-state index in [-0.39, 0.29) is 5.69 Å². The largest absolute Gasteiger partial charge is 0.388 e. The van der Waals surface area contributed by atoms with Crippen LogP contribution in [0.25, 0.3) is 0 Å². The van der Waals surface area contributed by atoms with E-state index in [2.05, 4.69) is 4.74 Å². The van der Waals surface area contributed by atoms with Gasteiger partial charge in [0.15, 0.2) is 0 Å². The number of ether oxygens (including phenoxy) is 1. The van der Waals surface area contributed by atoms with Crippen LogP contribution in [-0.2, 0) is 4.74 Å². The lowest BCUT2D eigenvalue weighted by Crippen LogP contribution is -1.86. The summed E-state index contributed by atoms with van der Waals surface area (Å²) in [6.07, 6.45) is 0. The van der Waals surface area contributed by atoms with E-state index in [4.69, 9.17) is 0 Å². The van der Waals surface area contributed by atoms with Crippen LogP contribution < -0.4 is 0 Å². The number of halogens is 1. The van der Waals surface area contributed by atoms with E-state index in [9.17, 15) is 14.5 Å². The van der Waals surface area contributed by atoms with E-state index in [1.54, 1.807) is 14.2 Å². The summed E-state index contributed by atoms with van der Waals surface area (Å²) in [6.45, 7) is 0. The monoisotopic (exact) mass is 187 g/mol. The molecule has 72 valence electrons. The van der Waals surface area contributed by atoms with Crippen molar-refractivity contribution in [1.29, 1.82) is 0 Å². The SMILES string of the molecule is COC.O=[N+]([O-])c1ccc(F)cc1. The molecule has 0 atom stereocenters. The van der Waals surface area contributed by atoms with Gasteiger partial charge in [-0.2, -0.15) is 0 Å². The third kappa shape index (κ3) is 4.86. The van der Waals surface area contributed by atoms with Crippen molar-refractivity contribution in [2.45, 2.75) is 0 Å². The molecule has 0 radical (unpaired) electrons. The van der Waals surface area contributed by atoms with E-state index in [0.717, 1.165) is 24.3 Å². The van der Waals surface area contributed by atoms with Crippen molar-refractivity contribution in [2.24, 2.45) is 0 Å². The van der Waals surface area contributed by atoms with Gasteiger partial charge < -0.3 is 4.74 Å². The van der Waals surface area contributed by atoms with Gasteiger partial charge in [-0.1, -0.05) is 0 Å². The van der Waals surface area contributed by atoms with Crippen LogP contribution in [0.3, 0.4) is 0 Å². The lowest BCUT2D eigenvalue weighted by Gasteiger charge is -1.87. The first-order valence-corrected chi connectivity index (χ1v) is 3.42. The number of rotatable bonds is 1. The molecule has 0 aliphatic heterocycles. The Labute approximate surface area is 75.1 Å². The first-order chi connectivity index (χ1) is 6.11. The smallest absolute Gasteiger partial charge is 0.269 e. The molecule has 0 bridgehead atoms. The Morgan fingerprint density at radius 2 is 1.69 bits per heavy atom. The zero-order valence-electron chi connectivity index (χ0n) is 7.36. The molecule has 0 fully saturated rings. The van der Waals surface area contributed by atoms with E-state index < -0.39 is 10.7 Å². The van der Waals surface area contributed by atoms with E-state index in [0.29, 0.717) is 0 Å². The summed E-state index contributed by atoms with van der Waals surface area (Å²) >= 11 is 0. The molecule has 1 aromatic carbocycles. The van der Waals surface area contributed by atoms with Crippen molar-refractivity contribution in [3.8, 4) is 0 Å². The van der Waals surface area contributed by atoms with Crippen LogP contribution in [0.4, 0.5) is 10.1 Å². The molecule has 0 spiro atoms. The number of hydrogen-bond donors (Lipinski definition) is 0. The topological polar surface area (TPSA) is 52.4 Å².